The van der Waals surface area contributed by atoms with Crippen molar-refractivity contribution in [3.63, 3.8) is 0 Å². The number of nitrogens with zero attached hydrogens (tertiary/aromatic N) is 3. The Hall–Kier alpha value is -1.93. The average molecular weight is 485 g/mol. The molecule has 0 unspecified atom stereocenters. The third kappa shape index (κ3) is 4.06. The van der Waals surface area contributed by atoms with E-state index in [0.717, 1.165) is 99.8 Å². The number of carbonyl (C=O) groups excluding carboxylic acids is 1. The molecule has 3 saturated heterocycles. The van der Waals surface area contributed by atoms with Gasteiger partial charge in [-0.2, -0.15) is 0 Å². The summed E-state index contributed by atoms with van der Waals surface area (Å²) in [5, 5.41) is 5.83. The lowest BCUT2D eigenvalue weighted by molar-refractivity contribution is -0.118. The monoisotopic (exact) mass is 484 g/mol. The van der Waals surface area contributed by atoms with E-state index in [0.29, 0.717) is 5.82 Å². The first kappa shape index (κ1) is 22.5. The van der Waals surface area contributed by atoms with E-state index in [2.05, 4.69) is 33.1 Å². The second-order valence-corrected chi connectivity index (χ2v) is 11.1. The van der Waals surface area contributed by atoms with Crippen molar-refractivity contribution < 1.29 is 14.3 Å². The maximum absolute atomic E-state index is 12.9. The molecule has 2 atom stereocenters. The second kappa shape index (κ2) is 8.63. The molecule has 0 bridgehead atoms. The highest BCUT2D eigenvalue weighted by atomic mass is 35.5. The van der Waals surface area contributed by atoms with E-state index >= 15 is 0 Å². The number of benzene rings is 1. The molecule has 1 aromatic heterocycles. The van der Waals surface area contributed by atoms with Gasteiger partial charge in [0.1, 0.15) is 5.82 Å². The Bertz CT molecular complexity index is 1090. The quantitative estimate of drug-likeness (QED) is 0.709. The number of aromatic nitrogens is 1. The third-order valence-corrected chi connectivity index (χ3v) is 8.92. The van der Waals surface area contributed by atoms with Crippen molar-refractivity contribution in [2.24, 2.45) is 11.3 Å². The largest absolute Gasteiger partial charge is 0.381 e. The van der Waals surface area contributed by atoms with E-state index in [1.807, 2.05) is 12.1 Å². The molecule has 2 aromatic rings. The number of hydrogen-bond acceptors (Lipinski definition) is 6. The predicted octanol–water partition coefficient (Wildman–Crippen LogP) is 3.94. The van der Waals surface area contributed by atoms with Gasteiger partial charge in [0.25, 0.3) is 0 Å². The molecule has 7 nitrogen and oxygen atoms in total. The number of piperazine rings is 1. The highest BCUT2D eigenvalue weighted by molar-refractivity contribution is 6.34. The SMILES string of the molecule is C[C@@]1(N2CCN(c3cc4cc(NC(=O)[C@@H]5CC56CCOCC6)ncc4cc3Cl)CC2)CCOC1. The van der Waals surface area contributed by atoms with Crippen LogP contribution in [0.4, 0.5) is 11.5 Å². The minimum atomic E-state index is 0.0816. The number of rotatable bonds is 4. The molecule has 0 radical (unpaired) electrons. The van der Waals surface area contributed by atoms with E-state index in [4.69, 9.17) is 21.1 Å². The van der Waals surface area contributed by atoms with Gasteiger partial charge >= 0.3 is 0 Å². The number of fused-ring (bicyclic) bond motifs is 1. The molecule has 4 fully saturated rings. The third-order valence-electron chi connectivity index (χ3n) is 8.62. The molecule has 182 valence electrons. The molecule has 4 aliphatic rings. The van der Waals surface area contributed by atoms with Crippen molar-refractivity contribution in [2.45, 2.75) is 38.1 Å². The van der Waals surface area contributed by atoms with Crippen molar-refractivity contribution in [3.05, 3.63) is 29.4 Å². The van der Waals surface area contributed by atoms with Crippen molar-refractivity contribution in [3.8, 4) is 0 Å². The molecule has 1 N–H and O–H groups in total. The molecule has 1 saturated carbocycles. The Labute approximate surface area is 205 Å². The van der Waals surface area contributed by atoms with Crippen LogP contribution in [0, 0.1) is 11.3 Å². The van der Waals surface area contributed by atoms with Crippen molar-refractivity contribution >= 4 is 39.8 Å². The van der Waals surface area contributed by atoms with Crippen molar-refractivity contribution in [1.29, 1.82) is 0 Å². The minimum Gasteiger partial charge on any atom is -0.381 e. The van der Waals surface area contributed by atoms with Gasteiger partial charge in [-0.25, -0.2) is 4.98 Å². The zero-order valence-corrected chi connectivity index (χ0v) is 20.6. The zero-order valence-electron chi connectivity index (χ0n) is 19.8. The van der Waals surface area contributed by atoms with Gasteiger partial charge in [-0.05, 0) is 61.6 Å². The first-order valence-corrected chi connectivity index (χ1v) is 12.9. The van der Waals surface area contributed by atoms with Crippen LogP contribution >= 0.6 is 11.6 Å². The lowest BCUT2D eigenvalue weighted by Gasteiger charge is -2.44. The van der Waals surface area contributed by atoms with Gasteiger partial charge in [-0.1, -0.05) is 11.6 Å². The van der Waals surface area contributed by atoms with Crippen molar-refractivity contribution in [1.82, 2.24) is 9.88 Å². The molecular formula is C26H33ClN4O3. The molecule has 34 heavy (non-hydrogen) atoms. The summed E-state index contributed by atoms with van der Waals surface area (Å²) >= 11 is 6.70. The lowest BCUT2D eigenvalue weighted by atomic mass is 9.93. The molecule has 1 spiro atoms. The normalized spacial score (nSPS) is 29.0. The maximum Gasteiger partial charge on any atom is 0.229 e. The van der Waals surface area contributed by atoms with Crippen LogP contribution < -0.4 is 10.2 Å². The number of amides is 1. The van der Waals surface area contributed by atoms with E-state index in [-0.39, 0.29) is 22.8 Å². The summed E-state index contributed by atoms with van der Waals surface area (Å²) in [5.41, 5.74) is 1.36. The topological polar surface area (TPSA) is 66.9 Å². The van der Waals surface area contributed by atoms with Gasteiger partial charge in [0.2, 0.25) is 5.91 Å². The van der Waals surface area contributed by atoms with Crippen LogP contribution in [-0.2, 0) is 14.3 Å². The van der Waals surface area contributed by atoms with Crippen LogP contribution in [-0.4, -0.2) is 73.9 Å². The molecule has 3 aliphatic heterocycles. The summed E-state index contributed by atoms with van der Waals surface area (Å²) in [6, 6.07) is 6.10. The fourth-order valence-electron chi connectivity index (χ4n) is 6.12. The number of nitrogens with one attached hydrogen (secondary N) is 1. The zero-order chi connectivity index (χ0) is 23.3. The Kier molecular flexibility index (Phi) is 5.72. The molecule has 4 heterocycles. The highest BCUT2D eigenvalue weighted by Crippen LogP contribution is 2.59. The lowest BCUT2D eigenvalue weighted by Crippen LogP contribution is -2.56. The highest BCUT2D eigenvalue weighted by Gasteiger charge is 2.58. The van der Waals surface area contributed by atoms with Gasteiger partial charge in [0.05, 0.1) is 17.3 Å². The van der Waals surface area contributed by atoms with E-state index < -0.39 is 0 Å². The molecular weight excluding hydrogens is 452 g/mol. The summed E-state index contributed by atoms with van der Waals surface area (Å²) < 4.78 is 11.1. The summed E-state index contributed by atoms with van der Waals surface area (Å²) in [6.45, 7) is 9.39. The summed E-state index contributed by atoms with van der Waals surface area (Å²) in [6.07, 6.45) is 5.83. The van der Waals surface area contributed by atoms with Crippen LogP contribution in [0.3, 0.4) is 0 Å². The van der Waals surface area contributed by atoms with Gasteiger partial charge in [-0.15, -0.1) is 0 Å². The maximum atomic E-state index is 12.9. The van der Waals surface area contributed by atoms with Gasteiger partial charge in [-0.3, -0.25) is 9.69 Å². The fourth-order valence-corrected chi connectivity index (χ4v) is 6.41. The number of pyridine rings is 1. The standard InChI is InChI=1S/C26H33ClN4O3/c1-25(2-9-34-17-25)31-7-5-30(6-8-31)22-13-18-14-23(28-16-19(18)12-21(22)27)29-24(32)20-15-26(20)3-10-33-11-4-26/h12-14,16,20H,2-11,15,17H2,1H3,(H,28,29,32)/t20-,25+/m0/s1. The summed E-state index contributed by atoms with van der Waals surface area (Å²) in [7, 11) is 0. The van der Waals surface area contributed by atoms with E-state index in [1.54, 1.807) is 6.20 Å². The fraction of sp³-hybridized carbons (Fsp3) is 0.615. The summed E-state index contributed by atoms with van der Waals surface area (Å²) in [4.78, 5) is 22.3. The summed E-state index contributed by atoms with van der Waals surface area (Å²) in [5.74, 6) is 0.778. The minimum absolute atomic E-state index is 0.0816. The van der Waals surface area contributed by atoms with E-state index in [9.17, 15) is 4.79 Å². The number of halogens is 1. The number of carbonyl (C=O) groups is 1. The first-order chi connectivity index (χ1) is 16.5. The second-order valence-electron chi connectivity index (χ2n) is 10.7. The van der Waals surface area contributed by atoms with Crippen LogP contribution in [0.5, 0.6) is 0 Å². The van der Waals surface area contributed by atoms with Gasteiger partial charge in [0.15, 0.2) is 0 Å². The first-order valence-electron chi connectivity index (χ1n) is 12.5. The van der Waals surface area contributed by atoms with Crippen molar-refractivity contribution in [2.75, 3.05) is 62.8 Å². The molecule has 1 aliphatic carbocycles. The Balaban J connectivity index is 1.16. The Morgan fingerprint density at radius 2 is 1.82 bits per heavy atom. The van der Waals surface area contributed by atoms with Gasteiger partial charge < -0.3 is 19.7 Å². The van der Waals surface area contributed by atoms with Crippen LogP contribution in [0.25, 0.3) is 10.8 Å². The smallest absolute Gasteiger partial charge is 0.229 e. The average Bonchev–Trinajstić information content (AvgIpc) is 3.34. The molecule has 1 amide bonds. The molecule has 6 rings (SSSR count). The van der Waals surface area contributed by atoms with Crippen LogP contribution in [0.2, 0.25) is 5.02 Å². The number of ether oxygens (including phenoxy) is 2. The Morgan fingerprint density at radius 3 is 2.56 bits per heavy atom. The number of anilines is 2. The Morgan fingerprint density at radius 1 is 1.06 bits per heavy atom. The van der Waals surface area contributed by atoms with Gasteiger partial charge in [0, 0.05) is 69.0 Å². The van der Waals surface area contributed by atoms with Crippen LogP contribution in [0.15, 0.2) is 24.4 Å². The predicted molar refractivity (Wildman–Crippen MR) is 134 cm³/mol. The number of hydrogen-bond donors (Lipinski definition) is 1. The van der Waals surface area contributed by atoms with E-state index in [1.165, 1.54) is 0 Å². The molecule has 1 aromatic carbocycles. The molecule has 8 heteroatoms. The van der Waals surface area contributed by atoms with Crippen LogP contribution in [0.1, 0.15) is 32.6 Å².